The van der Waals surface area contributed by atoms with Crippen molar-refractivity contribution < 1.29 is 4.79 Å². The topological polar surface area (TPSA) is 66.9 Å². The van der Waals surface area contributed by atoms with Crippen molar-refractivity contribution in [1.82, 2.24) is 15.3 Å². The molecule has 0 aliphatic carbocycles. The smallest absolute Gasteiger partial charge is 0.271 e. The number of aromatic nitrogens is 2. The molecule has 3 rings (SSSR count). The molecule has 0 bridgehead atoms. The van der Waals surface area contributed by atoms with Crippen molar-refractivity contribution in [2.45, 2.75) is 20.3 Å². The second-order valence-corrected chi connectivity index (χ2v) is 6.86. The number of nitrogens with zero attached hydrogens (tertiary/aromatic N) is 2. The number of hydrogen-bond acceptors (Lipinski definition) is 4. The van der Waals surface area contributed by atoms with E-state index >= 15 is 0 Å². The first-order chi connectivity index (χ1) is 13.0. The summed E-state index contributed by atoms with van der Waals surface area (Å²) in [6.07, 6.45) is 3.73. The summed E-state index contributed by atoms with van der Waals surface area (Å²) in [5, 5.41) is 6.74. The van der Waals surface area contributed by atoms with Gasteiger partial charge in [-0.05, 0) is 61.2 Å². The lowest BCUT2D eigenvalue weighted by Gasteiger charge is -2.08. The van der Waals surface area contributed by atoms with Gasteiger partial charge in [0.1, 0.15) is 11.5 Å². The van der Waals surface area contributed by atoms with Gasteiger partial charge in [0.25, 0.3) is 5.91 Å². The van der Waals surface area contributed by atoms with E-state index in [9.17, 15) is 4.79 Å². The molecule has 1 aromatic heterocycles. The summed E-state index contributed by atoms with van der Waals surface area (Å²) in [5.74, 6) is 0.345. The molecule has 2 aromatic carbocycles. The van der Waals surface area contributed by atoms with Gasteiger partial charge in [0.2, 0.25) is 0 Å². The van der Waals surface area contributed by atoms with Crippen molar-refractivity contribution in [2.24, 2.45) is 0 Å². The molecule has 2 N–H and O–H groups in total. The maximum atomic E-state index is 12.2. The predicted molar refractivity (Wildman–Crippen MR) is 109 cm³/mol. The first-order valence-corrected chi connectivity index (χ1v) is 9.07. The van der Waals surface area contributed by atoms with Crippen LogP contribution in [0.2, 0.25) is 5.02 Å². The number of nitrogens with one attached hydrogen (secondary N) is 2. The Morgan fingerprint density at radius 2 is 1.81 bits per heavy atom. The molecule has 1 heterocycles. The van der Waals surface area contributed by atoms with E-state index in [2.05, 4.69) is 26.7 Å². The molecule has 0 fully saturated rings. The summed E-state index contributed by atoms with van der Waals surface area (Å²) < 4.78 is 0. The highest BCUT2D eigenvalue weighted by atomic mass is 35.5. The lowest BCUT2D eigenvalue weighted by atomic mass is 10.1. The molecular formula is C21H21ClN4O. The number of anilines is 2. The molecule has 138 valence electrons. The molecule has 0 atom stereocenters. The predicted octanol–water partition coefficient (Wildman–Crippen LogP) is 4.46. The lowest BCUT2D eigenvalue weighted by Crippen LogP contribution is -2.26. The van der Waals surface area contributed by atoms with Crippen LogP contribution in [0, 0.1) is 13.8 Å². The van der Waals surface area contributed by atoms with Crippen LogP contribution in [0.15, 0.2) is 54.9 Å². The molecule has 0 radical (unpaired) electrons. The van der Waals surface area contributed by atoms with E-state index in [0.29, 0.717) is 23.8 Å². The van der Waals surface area contributed by atoms with Crippen molar-refractivity contribution in [3.63, 3.8) is 0 Å². The number of aryl methyl sites for hydroxylation is 2. The second-order valence-electron chi connectivity index (χ2n) is 6.42. The fourth-order valence-electron chi connectivity index (χ4n) is 2.81. The summed E-state index contributed by atoms with van der Waals surface area (Å²) in [4.78, 5) is 20.7. The minimum atomic E-state index is -0.248. The van der Waals surface area contributed by atoms with Gasteiger partial charge >= 0.3 is 0 Å². The van der Waals surface area contributed by atoms with E-state index < -0.39 is 0 Å². The zero-order valence-electron chi connectivity index (χ0n) is 15.3. The molecular weight excluding hydrogens is 360 g/mol. The van der Waals surface area contributed by atoms with Crippen LogP contribution in [0.25, 0.3) is 0 Å². The Hall–Kier alpha value is -2.92. The SMILES string of the molecule is Cc1cc(C)cc(Nc2cnc(C(=O)NCCc3cccc(Cl)c3)cn2)c1. The maximum Gasteiger partial charge on any atom is 0.271 e. The minimum absolute atomic E-state index is 0.248. The molecule has 0 aliphatic heterocycles. The molecule has 27 heavy (non-hydrogen) atoms. The standard InChI is InChI=1S/C21H21ClN4O/c1-14-8-15(2)10-18(9-14)26-20-13-24-19(12-25-20)21(27)23-7-6-16-4-3-5-17(22)11-16/h3-5,8-13H,6-7H2,1-2H3,(H,23,27)(H,25,26). The van der Waals surface area contributed by atoms with Gasteiger partial charge in [0.15, 0.2) is 0 Å². The van der Waals surface area contributed by atoms with Crippen LogP contribution in [0.3, 0.4) is 0 Å². The van der Waals surface area contributed by atoms with E-state index in [1.54, 1.807) is 6.20 Å². The Bertz CT molecular complexity index is 921. The third-order valence-corrected chi connectivity index (χ3v) is 4.20. The molecule has 0 spiro atoms. The first-order valence-electron chi connectivity index (χ1n) is 8.69. The Morgan fingerprint density at radius 1 is 1.04 bits per heavy atom. The second kappa shape index (κ2) is 8.64. The van der Waals surface area contributed by atoms with Crippen molar-refractivity contribution in [3.8, 4) is 0 Å². The fourth-order valence-corrected chi connectivity index (χ4v) is 3.02. The Morgan fingerprint density at radius 3 is 2.48 bits per heavy atom. The van der Waals surface area contributed by atoms with Gasteiger partial charge in [-0.2, -0.15) is 0 Å². The minimum Gasteiger partial charge on any atom is -0.350 e. The van der Waals surface area contributed by atoms with E-state index in [4.69, 9.17) is 11.6 Å². The fraction of sp³-hybridized carbons (Fsp3) is 0.190. The van der Waals surface area contributed by atoms with Crippen molar-refractivity contribution in [2.75, 3.05) is 11.9 Å². The summed E-state index contributed by atoms with van der Waals surface area (Å²) in [5.41, 5.74) is 4.64. The molecule has 1 amide bonds. The summed E-state index contributed by atoms with van der Waals surface area (Å²) in [7, 11) is 0. The van der Waals surface area contributed by atoms with Gasteiger partial charge in [0.05, 0.1) is 12.4 Å². The number of hydrogen-bond donors (Lipinski definition) is 2. The van der Waals surface area contributed by atoms with Gasteiger partial charge < -0.3 is 10.6 Å². The number of carbonyl (C=O) groups is 1. The number of carbonyl (C=O) groups excluding carboxylic acids is 1. The van der Waals surface area contributed by atoms with Crippen LogP contribution < -0.4 is 10.6 Å². The number of halogens is 1. The van der Waals surface area contributed by atoms with Gasteiger partial charge in [-0.25, -0.2) is 9.97 Å². The monoisotopic (exact) mass is 380 g/mol. The highest BCUT2D eigenvalue weighted by Gasteiger charge is 2.08. The van der Waals surface area contributed by atoms with Crippen molar-refractivity contribution in [3.05, 3.63) is 82.3 Å². The van der Waals surface area contributed by atoms with E-state index in [-0.39, 0.29) is 11.6 Å². The number of benzene rings is 2. The zero-order valence-corrected chi connectivity index (χ0v) is 16.0. The average molecular weight is 381 g/mol. The van der Waals surface area contributed by atoms with Crippen molar-refractivity contribution >= 4 is 29.0 Å². The maximum absolute atomic E-state index is 12.2. The van der Waals surface area contributed by atoms with Crippen LogP contribution in [-0.2, 0) is 6.42 Å². The van der Waals surface area contributed by atoms with Crippen LogP contribution in [0.4, 0.5) is 11.5 Å². The summed E-state index contributed by atoms with van der Waals surface area (Å²) >= 11 is 5.96. The van der Waals surface area contributed by atoms with Crippen LogP contribution in [0.1, 0.15) is 27.2 Å². The van der Waals surface area contributed by atoms with Crippen LogP contribution in [0.5, 0.6) is 0 Å². The van der Waals surface area contributed by atoms with Gasteiger partial charge in [-0.1, -0.05) is 29.8 Å². The average Bonchev–Trinajstić information content (AvgIpc) is 2.61. The quantitative estimate of drug-likeness (QED) is 0.662. The molecule has 0 saturated heterocycles. The summed E-state index contributed by atoms with van der Waals surface area (Å²) in [6.45, 7) is 4.59. The molecule has 5 nitrogen and oxygen atoms in total. The van der Waals surface area contributed by atoms with Gasteiger partial charge in [-0.15, -0.1) is 0 Å². The van der Waals surface area contributed by atoms with Crippen LogP contribution >= 0.6 is 11.6 Å². The highest BCUT2D eigenvalue weighted by Crippen LogP contribution is 2.17. The number of rotatable bonds is 6. The molecule has 0 saturated carbocycles. The van der Waals surface area contributed by atoms with E-state index in [1.165, 1.54) is 17.3 Å². The zero-order chi connectivity index (χ0) is 19.2. The Labute approximate surface area is 163 Å². The summed E-state index contributed by atoms with van der Waals surface area (Å²) in [6, 6.07) is 13.8. The highest BCUT2D eigenvalue weighted by molar-refractivity contribution is 6.30. The Kier molecular flexibility index (Phi) is 6.04. The molecule has 0 unspecified atom stereocenters. The number of amides is 1. The van der Waals surface area contributed by atoms with Crippen molar-refractivity contribution in [1.29, 1.82) is 0 Å². The van der Waals surface area contributed by atoms with E-state index in [0.717, 1.165) is 11.3 Å². The third kappa shape index (κ3) is 5.53. The van der Waals surface area contributed by atoms with Gasteiger partial charge in [-0.3, -0.25) is 4.79 Å². The molecule has 3 aromatic rings. The normalized spacial score (nSPS) is 10.5. The van der Waals surface area contributed by atoms with Gasteiger partial charge in [0, 0.05) is 17.3 Å². The largest absolute Gasteiger partial charge is 0.350 e. The lowest BCUT2D eigenvalue weighted by molar-refractivity contribution is 0.0949. The van der Waals surface area contributed by atoms with E-state index in [1.807, 2.05) is 50.2 Å². The third-order valence-electron chi connectivity index (χ3n) is 3.97. The molecule has 0 aliphatic rings. The van der Waals surface area contributed by atoms with Crippen LogP contribution in [-0.4, -0.2) is 22.4 Å². The molecule has 6 heteroatoms. The Balaban J connectivity index is 1.55. The first kappa shape index (κ1) is 18.9.